The number of hydrazone groups is 1. The highest BCUT2D eigenvalue weighted by Crippen LogP contribution is 2.38. The molecular weight excluding hydrogens is 322 g/mol. The van der Waals surface area contributed by atoms with Gasteiger partial charge in [0.1, 0.15) is 12.1 Å². The van der Waals surface area contributed by atoms with Crippen molar-refractivity contribution >= 4 is 38.9 Å². The van der Waals surface area contributed by atoms with Crippen LogP contribution in [0.3, 0.4) is 0 Å². The molecule has 20 heavy (non-hydrogen) atoms. The second-order valence-electron chi connectivity index (χ2n) is 4.18. The van der Waals surface area contributed by atoms with E-state index < -0.39 is 0 Å². The van der Waals surface area contributed by atoms with Crippen molar-refractivity contribution in [2.45, 2.75) is 13.3 Å². The van der Waals surface area contributed by atoms with Gasteiger partial charge < -0.3 is 4.90 Å². The van der Waals surface area contributed by atoms with Gasteiger partial charge in [-0.1, -0.05) is 0 Å². The summed E-state index contributed by atoms with van der Waals surface area (Å²) >= 11 is 3.44. The zero-order valence-corrected chi connectivity index (χ0v) is 12.2. The molecular formula is C13H10BrN5O. The van der Waals surface area contributed by atoms with Gasteiger partial charge >= 0.3 is 0 Å². The van der Waals surface area contributed by atoms with Crippen LogP contribution >= 0.6 is 15.9 Å². The molecule has 0 saturated heterocycles. The second-order valence-corrected chi connectivity index (χ2v) is 5.04. The number of hydrogen-bond acceptors (Lipinski definition) is 5. The maximum absolute atomic E-state index is 11.5. The van der Waals surface area contributed by atoms with Gasteiger partial charge in [-0.15, -0.1) is 0 Å². The summed E-state index contributed by atoms with van der Waals surface area (Å²) in [5.41, 5.74) is 4.97. The zero-order valence-electron chi connectivity index (χ0n) is 10.6. The first-order chi connectivity index (χ1) is 9.56. The Morgan fingerprint density at radius 1 is 1.45 bits per heavy atom. The van der Waals surface area contributed by atoms with E-state index in [0.717, 1.165) is 22.1 Å². The van der Waals surface area contributed by atoms with E-state index in [9.17, 15) is 4.79 Å². The molecule has 1 aliphatic rings. The highest BCUT2D eigenvalue weighted by Gasteiger charge is 2.25. The first kappa shape index (κ1) is 14.0. The molecule has 1 aliphatic heterocycles. The van der Waals surface area contributed by atoms with E-state index in [0.29, 0.717) is 12.2 Å². The summed E-state index contributed by atoms with van der Waals surface area (Å²) in [5.74, 6) is -0.000530. The number of nitriles is 2. The van der Waals surface area contributed by atoms with Gasteiger partial charge in [-0.25, -0.2) is 0 Å². The molecule has 0 unspecified atom stereocenters. The average molecular weight is 332 g/mol. The van der Waals surface area contributed by atoms with Crippen molar-refractivity contribution in [2.24, 2.45) is 5.10 Å². The van der Waals surface area contributed by atoms with Gasteiger partial charge in [-0.05, 0) is 40.0 Å². The molecule has 0 aliphatic carbocycles. The lowest BCUT2D eigenvalue weighted by Crippen LogP contribution is -2.26. The Kier molecular flexibility index (Phi) is 4.02. The van der Waals surface area contributed by atoms with E-state index >= 15 is 0 Å². The van der Waals surface area contributed by atoms with E-state index in [-0.39, 0.29) is 11.6 Å². The third kappa shape index (κ3) is 2.63. The van der Waals surface area contributed by atoms with Crippen LogP contribution in [0, 0.1) is 22.7 Å². The standard InChI is InChI=1S/C13H10BrN5O/c1-8(20)19-3-2-9-4-10(5-12(14)13(9)19)17-18-11(6-15)7-16/h4-5,17H,2-3H2,1H3. The van der Waals surface area contributed by atoms with Gasteiger partial charge in [-0.3, -0.25) is 10.2 Å². The van der Waals surface area contributed by atoms with Crippen molar-refractivity contribution in [1.29, 1.82) is 10.5 Å². The lowest BCUT2D eigenvalue weighted by molar-refractivity contribution is -0.116. The number of rotatable bonds is 2. The summed E-state index contributed by atoms with van der Waals surface area (Å²) in [4.78, 5) is 13.2. The molecule has 2 rings (SSSR count). The van der Waals surface area contributed by atoms with E-state index in [4.69, 9.17) is 10.5 Å². The van der Waals surface area contributed by atoms with E-state index in [1.54, 1.807) is 23.1 Å². The fraction of sp³-hybridized carbons (Fsp3) is 0.231. The molecule has 1 N–H and O–H groups in total. The SMILES string of the molecule is CC(=O)N1CCc2cc(NN=C(C#N)C#N)cc(Br)c21. The molecule has 100 valence electrons. The monoisotopic (exact) mass is 331 g/mol. The van der Waals surface area contributed by atoms with Crippen LogP contribution < -0.4 is 10.3 Å². The predicted molar refractivity (Wildman–Crippen MR) is 78.2 cm³/mol. The highest BCUT2D eigenvalue weighted by molar-refractivity contribution is 9.10. The first-order valence-corrected chi connectivity index (χ1v) is 6.60. The molecule has 0 fully saturated rings. The number of halogens is 1. The van der Waals surface area contributed by atoms with Crippen LogP contribution in [0.25, 0.3) is 0 Å². The summed E-state index contributed by atoms with van der Waals surface area (Å²) < 4.78 is 0.774. The Bertz CT molecular complexity index is 667. The van der Waals surface area contributed by atoms with Crippen molar-refractivity contribution in [3.8, 4) is 12.1 Å². The van der Waals surface area contributed by atoms with E-state index in [2.05, 4.69) is 26.5 Å². The molecule has 0 atom stereocenters. The fourth-order valence-corrected chi connectivity index (χ4v) is 2.78. The first-order valence-electron chi connectivity index (χ1n) is 5.81. The van der Waals surface area contributed by atoms with Crippen LogP contribution in [0.4, 0.5) is 11.4 Å². The maximum Gasteiger partial charge on any atom is 0.237 e. The number of carbonyl (C=O) groups is 1. The molecule has 7 heteroatoms. The van der Waals surface area contributed by atoms with Crippen LogP contribution in [-0.2, 0) is 11.2 Å². The number of benzene rings is 1. The summed E-state index contributed by atoms with van der Waals surface area (Å²) in [6.45, 7) is 2.18. The minimum atomic E-state index is -0.244. The molecule has 1 aromatic carbocycles. The third-order valence-corrected chi connectivity index (χ3v) is 3.51. The minimum Gasteiger partial charge on any atom is -0.311 e. The molecule has 0 radical (unpaired) electrons. The summed E-state index contributed by atoms with van der Waals surface area (Å²) in [6, 6.07) is 6.97. The fourth-order valence-electron chi connectivity index (χ4n) is 2.07. The van der Waals surface area contributed by atoms with Crippen LogP contribution in [0.2, 0.25) is 0 Å². The van der Waals surface area contributed by atoms with Crippen LogP contribution in [0.5, 0.6) is 0 Å². The van der Waals surface area contributed by atoms with Crippen LogP contribution in [-0.4, -0.2) is 18.2 Å². The average Bonchev–Trinajstić information content (AvgIpc) is 2.84. The quantitative estimate of drug-likeness (QED) is 0.663. The molecule has 1 heterocycles. The number of hydrogen-bond donors (Lipinski definition) is 1. The highest BCUT2D eigenvalue weighted by atomic mass is 79.9. The van der Waals surface area contributed by atoms with Crippen molar-refractivity contribution in [3.63, 3.8) is 0 Å². The van der Waals surface area contributed by atoms with Gasteiger partial charge in [0.2, 0.25) is 11.6 Å². The van der Waals surface area contributed by atoms with Crippen molar-refractivity contribution in [2.75, 3.05) is 16.9 Å². The molecule has 6 nitrogen and oxygen atoms in total. The Morgan fingerprint density at radius 2 is 2.15 bits per heavy atom. The van der Waals surface area contributed by atoms with Crippen molar-refractivity contribution in [1.82, 2.24) is 0 Å². The van der Waals surface area contributed by atoms with Crippen molar-refractivity contribution < 1.29 is 4.79 Å². The number of carbonyl (C=O) groups excluding carboxylic acids is 1. The summed E-state index contributed by atoms with van der Waals surface area (Å²) in [7, 11) is 0. The van der Waals surface area contributed by atoms with E-state index in [1.807, 2.05) is 6.07 Å². The smallest absolute Gasteiger partial charge is 0.237 e. The van der Waals surface area contributed by atoms with Crippen LogP contribution in [0.1, 0.15) is 12.5 Å². The number of nitrogens with zero attached hydrogens (tertiary/aromatic N) is 4. The van der Waals surface area contributed by atoms with E-state index in [1.165, 1.54) is 6.92 Å². The maximum atomic E-state index is 11.5. The second kappa shape index (κ2) is 5.72. The molecule has 0 saturated carbocycles. The Morgan fingerprint density at radius 3 is 2.75 bits per heavy atom. The topological polar surface area (TPSA) is 92.3 Å². The van der Waals surface area contributed by atoms with Gasteiger partial charge in [-0.2, -0.15) is 15.6 Å². The Hall–Kier alpha value is -2.38. The number of nitrogens with one attached hydrogen (secondary N) is 1. The summed E-state index contributed by atoms with van der Waals surface area (Å²) in [5, 5.41) is 20.9. The minimum absolute atomic E-state index is 0.000530. The number of anilines is 2. The zero-order chi connectivity index (χ0) is 14.7. The Balaban J connectivity index is 2.32. The number of fused-ring (bicyclic) bond motifs is 1. The van der Waals surface area contributed by atoms with Crippen LogP contribution in [0.15, 0.2) is 21.7 Å². The number of amides is 1. The van der Waals surface area contributed by atoms with Gasteiger partial charge in [0.05, 0.1) is 11.4 Å². The predicted octanol–water partition coefficient (Wildman–Crippen LogP) is 2.17. The molecule has 0 aromatic heterocycles. The molecule has 0 spiro atoms. The molecule has 1 aromatic rings. The van der Waals surface area contributed by atoms with Crippen molar-refractivity contribution in [3.05, 3.63) is 22.2 Å². The molecule has 1 amide bonds. The largest absolute Gasteiger partial charge is 0.311 e. The van der Waals surface area contributed by atoms with Gasteiger partial charge in [0, 0.05) is 17.9 Å². The Labute approximate surface area is 124 Å². The molecule has 0 bridgehead atoms. The lowest BCUT2D eigenvalue weighted by Gasteiger charge is -2.16. The third-order valence-electron chi connectivity index (χ3n) is 2.91. The lowest BCUT2D eigenvalue weighted by atomic mass is 10.1. The normalized spacial score (nSPS) is 12.1. The summed E-state index contributed by atoms with van der Waals surface area (Å²) in [6.07, 6.45) is 0.760. The van der Waals surface area contributed by atoms with Gasteiger partial charge in [0.25, 0.3) is 0 Å². The van der Waals surface area contributed by atoms with Gasteiger partial charge in [0.15, 0.2) is 0 Å².